The molecule has 0 aromatic carbocycles. The van der Waals surface area contributed by atoms with Crippen molar-refractivity contribution < 1.29 is 54.4 Å². The van der Waals surface area contributed by atoms with Crippen LogP contribution in [0.1, 0.15) is 199 Å². The zero-order valence-electron chi connectivity index (χ0n) is 63.3. The summed E-state index contributed by atoms with van der Waals surface area (Å²) < 4.78 is 12.2. The van der Waals surface area contributed by atoms with Crippen LogP contribution >= 0.6 is 15.9 Å². The van der Waals surface area contributed by atoms with E-state index in [-0.39, 0.29) is 43.5 Å². The number of halogens is 1. The summed E-state index contributed by atoms with van der Waals surface area (Å²) in [6.45, 7) is 19.4. The topological polar surface area (TPSA) is 346 Å². The van der Waals surface area contributed by atoms with E-state index in [0.717, 1.165) is 88.5 Å². The second-order valence-corrected chi connectivity index (χ2v) is 30.5. The molecule has 8 saturated heterocycles. The number of aliphatic hydroxyl groups excluding tert-OH is 1. The first-order chi connectivity index (χ1) is 52.1. The molecule has 0 aliphatic carbocycles. The molecule has 27 nitrogen and oxygen atoms in total. The van der Waals surface area contributed by atoms with E-state index in [2.05, 4.69) is 151 Å². The Kier molecular flexibility index (Phi) is 31.7. The van der Waals surface area contributed by atoms with E-state index in [9.17, 15) is 9.59 Å². The molecule has 8 aromatic heterocycles. The molecule has 0 saturated carbocycles. The van der Waals surface area contributed by atoms with Crippen LogP contribution in [-0.2, 0) is 24.4 Å². The van der Waals surface area contributed by atoms with Crippen LogP contribution in [0, 0.1) is 11.8 Å². The molecule has 0 spiro atoms. The summed E-state index contributed by atoms with van der Waals surface area (Å²) in [5.41, 5.74) is 10.7. The molecule has 8 aliphatic heterocycles. The van der Waals surface area contributed by atoms with Crippen LogP contribution in [0.25, 0.3) is 33.4 Å². The van der Waals surface area contributed by atoms with E-state index in [1.165, 1.54) is 92.2 Å². The first-order valence-corrected chi connectivity index (χ1v) is 37.9. The summed E-state index contributed by atoms with van der Waals surface area (Å²) in [7, 11) is -1.47. The van der Waals surface area contributed by atoms with Crippen molar-refractivity contribution in [1.82, 2.24) is 80.2 Å². The highest BCUT2D eigenvalue weighted by Gasteiger charge is 2.52. The first-order valence-electron chi connectivity index (χ1n) is 37.1. The number of carbonyl (C=O) groups excluding carboxylic acids is 2. The second-order valence-electron chi connectivity index (χ2n) is 29.6. The minimum absolute atomic E-state index is 0.0804. The zero-order chi connectivity index (χ0) is 77.2. The van der Waals surface area contributed by atoms with Gasteiger partial charge in [-0.3, -0.25) is 19.9 Å². The number of hydrogen-bond donors (Lipinski definition) is 6. The largest absolute Gasteiger partial charge is 0.491 e. The van der Waals surface area contributed by atoms with Crippen LogP contribution in [0.5, 0.6) is 0 Å². The molecule has 6 N–H and O–H groups in total. The van der Waals surface area contributed by atoms with Crippen molar-refractivity contribution in [2.75, 3.05) is 13.2 Å². The van der Waals surface area contributed by atoms with Crippen molar-refractivity contribution in [3.05, 3.63) is 175 Å². The number of hydrogen-bond acceptors (Lipinski definition) is 25. The van der Waals surface area contributed by atoms with E-state index in [1.807, 2.05) is 120 Å². The van der Waals surface area contributed by atoms with Crippen LogP contribution in [0.4, 0.5) is 9.59 Å². The van der Waals surface area contributed by atoms with Crippen molar-refractivity contribution in [3.8, 4) is 45.2 Å². The van der Waals surface area contributed by atoms with Gasteiger partial charge in [-0.05, 0) is 205 Å². The number of aliphatic hydroxyl groups is 1. The maximum absolute atomic E-state index is 12.7. The molecule has 108 heavy (non-hydrogen) atoms. The third-order valence-electron chi connectivity index (χ3n) is 19.5. The molecule has 12 unspecified atom stereocenters. The standard InChI is InChI=1S/C20H24N4O2.C16H21BrN2O2.2C15H16N4.C4H5BN2O2.C4H6O4.C3H8.C2H6O/c1-20(2,3)26-19(25)24-16-4-5-18(24)17(7-16)14-6-13(8-21-9-14)15-10-22-12-23-11-15;1-16(2,3)21-15(20)19-12-4-5-14(19)13(7-12)10-6-11(17)9-18-8-10;2*1-2-15-14(4-13(1)19-15)11-3-10(5-16-6-11)12-7-17-9-18-8-12;8-5(9)4-1-6-3-7-2-4;1-2-3-4-6-8-7-5;1-3-2;1-2-3/h6,8-12,16-18H,4-5,7H2,1-3H3;6,8-9,12-14H,4-5,7H2,1-3H3;2*3,5-9,13-15,19H,1-2,4H2;1-3,8-9H;5H,4H2,1H3;3H2,1-2H3;3H,2H2,1H3. The summed E-state index contributed by atoms with van der Waals surface area (Å²) in [4.78, 5) is 82.2. The summed E-state index contributed by atoms with van der Waals surface area (Å²) >= 11 is 3.48. The van der Waals surface area contributed by atoms with Gasteiger partial charge in [0.15, 0.2) is 0 Å². The predicted molar refractivity (Wildman–Crippen MR) is 412 cm³/mol. The van der Waals surface area contributed by atoms with Gasteiger partial charge in [0, 0.05) is 221 Å². The summed E-state index contributed by atoms with van der Waals surface area (Å²) in [5, 5.41) is 46.1. The fourth-order valence-electron chi connectivity index (χ4n) is 15.3. The minimum atomic E-state index is -1.47. The number of amides is 2. The van der Waals surface area contributed by atoms with Crippen molar-refractivity contribution in [2.45, 2.75) is 236 Å². The zero-order valence-corrected chi connectivity index (χ0v) is 64.8. The minimum Gasteiger partial charge on any atom is -0.444 e. The third-order valence-corrected chi connectivity index (χ3v) is 20.0. The molecule has 12 atom stereocenters. The predicted octanol–water partition coefficient (Wildman–Crippen LogP) is 12.1. The van der Waals surface area contributed by atoms with Gasteiger partial charge >= 0.3 is 19.3 Å². The van der Waals surface area contributed by atoms with E-state index < -0.39 is 18.3 Å². The van der Waals surface area contributed by atoms with E-state index in [4.69, 9.17) is 29.9 Å². The Balaban J connectivity index is 0.000000152. The lowest BCUT2D eigenvalue weighted by Gasteiger charge is -2.28. The van der Waals surface area contributed by atoms with Crippen LogP contribution < -0.4 is 16.1 Å². The molecule has 8 fully saturated rings. The van der Waals surface area contributed by atoms with Gasteiger partial charge in [-0.25, -0.2) is 54.7 Å². The lowest BCUT2D eigenvalue weighted by molar-refractivity contribution is -0.620. The van der Waals surface area contributed by atoms with Gasteiger partial charge in [-0.1, -0.05) is 26.2 Å². The number of fused-ring (bicyclic) bond motifs is 8. The molecule has 16 heterocycles. The molecule has 8 aromatic rings. The first kappa shape index (κ1) is 83.2. The molecule has 574 valence electrons. The Hall–Kier alpha value is -8.80. The molecule has 8 bridgehead atoms. The average molecular weight is 1540 g/mol. The van der Waals surface area contributed by atoms with Crippen molar-refractivity contribution in [1.29, 1.82) is 0 Å². The van der Waals surface area contributed by atoms with Crippen molar-refractivity contribution in [2.24, 2.45) is 0 Å². The van der Waals surface area contributed by atoms with E-state index >= 15 is 0 Å². The van der Waals surface area contributed by atoms with Crippen LogP contribution in [0.2, 0.25) is 0 Å². The lowest BCUT2D eigenvalue weighted by atomic mass is 9.83. The van der Waals surface area contributed by atoms with Gasteiger partial charge < -0.3 is 45.1 Å². The third kappa shape index (κ3) is 23.9. The van der Waals surface area contributed by atoms with Gasteiger partial charge in [-0.15, -0.1) is 5.92 Å². The number of aromatic nitrogens is 12. The van der Waals surface area contributed by atoms with E-state index in [1.54, 1.807) is 45.1 Å². The number of pyridine rings is 4. The summed E-state index contributed by atoms with van der Waals surface area (Å²) in [6.07, 6.45) is 49.8. The van der Waals surface area contributed by atoms with Gasteiger partial charge in [0.1, 0.15) is 43.1 Å². The fraction of sp³-hybridized carbons (Fsp3) is 0.494. The van der Waals surface area contributed by atoms with Crippen LogP contribution in [0.3, 0.4) is 0 Å². The number of nitrogens with one attached hydrogen (secondary N) is 2. The smallest absolute Gasteiger partial charge is 0.444 e. The van der Waals surface area contributed by atoms with E-state index in [0.29, 0.717) is 47.3 Å². The SMILES string of the molecule is CC#CCOOOO.CC(C)(C)OC(=O)N1C2CCC1C(c1cncc(-c3cncnc3)c1)C2.CC(C)(C)OC(=O)N1C2CCC1C(c1cncc(Br)c1)C2.CCC.CCO.OB(O)c1cncnc1.c1ncc(-c2cncc(C3CC4CCC3N4)c2)cn1.c1ncc(-c2cncc(C3CC4CCC3N4)c2)cn1. The van der Waals surface area contributed by atoms with Crippen LogP contribution in [-0.4, -0.2) is 182 Å². The van der Waals surface area contributed by atoms with Gasteiger partial charge in [-0.2, -0.15) is 4.89 Å². The molecule has 0 radical (unpaired) electrons. The number of rotatable bonds is 11. The number of carbonyl (C=O) groups is 2. The Labute approximate surface area is 641 Å². The maximum Gasteiger partial charge on any atom is 0.491 e. The van der Waals surface area contributed by atoms with Gasteiger partial charge in [0.2, 0.25) is 0 Å². The van der Waals surface area contributed by atoms with Gasteiger partial charge in [0.25, 0.3) is 0 Å². The highest BCUT2D eigenvalue weighted by Crippen LogP contribution is 2.50. The normalized spacial score (nSPS) is 23.2. The molecule has 16 rings (SSSR count). The quantitative estimate of drug-likeness (QED) is 0.0230. The Bertz CT molecular complexity index is 4010. The Morgan fingerprint density at radius 3 is 1.17 bits per heavy atom. The summed E-state index contributed by atoms with van der Waals surface area (Å²) in [6, 6.07) is 12.5. The van der Waals surface area contributed by atoms with Gasteiger partial charge in [0.05, 0.1) is 0 Å². The monoisotopic (exact) mass is 1540 g/mol. The Morgan fingerprint density at radius 2 is 0.852 bits per heavy atom. The molecule has 29 heteroatoms. The molecule has 8 aliphatic rings. The summed E-state index contributed by atoms with van der Waals surface area (Å²) in [5.74, 6) is 6.95. The Morgan fingerprint density at radius 1 is 0.500 bits per heavy atom. The second kappa shape index (κ2) is 41.1. The molecular formula is C79H102BBrN16O11. The molecule has 2 amide bonds. The maximum atomic E-state index is 12.7. The lowest BCUT2D eigenvalue weighted by Crippen LogP contribution is -2.40. The number of ether oxygens (including phenoxy) is 2. The van der Waals surface area contributed by atoms with Crippen LogP contribution in [0.15, 0.2) is 153 Å². The van der Waals surface area contributed by atoms with Crippen molar-refractivity contribution >= 4 is 40.7 Å². The fourth-order valence-corrected chi connectivity index (χ4v) is 15.7. The molecular weight excluding hydrogens is 1440 g/mol. The van der Waals surface area contributed by atoms with Crippen molar-refractivity contribution in [3.63, 3.8) is 0 Å². The average Bonchev–Trinajstić information content (AvgIpc) is 1.62. The highest BCUT2D eigenvalue weighted by atomic mass is 79.9. The highest BCUT2D eigenvalue weighted by molar-refractivity contribution is 9.10. The number of nitrogens with zero attached hydrogens (tertiary/aromatic N) is 14.